The Balaban J connectivity index is 2.29. The second kappa shape index (κ2) is 6.90. The molecule has 1 aliphatic heterocycles. The monoisotopic (exact) mass is 353 g/mol. The predicted molar refractivity (Wildman–Crippen MR) is 89.0 cm³/mol. The Labute approximate surface area is 135 Å². The van der Waals surface area contributed by atoms with Crippen LogP contribution in [0.5, 0.6) is 0 Å². The summed E-state index contributed by atoms with van der Waals surface area (Å²) in [7, 11) is 3.64. The van der Waals surface area contributed by atoms with Gasteiger partial charge in [0.1, 0.15) is 0 Å². The van der Waals surface area contributed by atoms with Crippen molar-refractivity contribution in [3.63, 3.8) is 0 Å². The first-order valence-electron chi connectivity index (χ1n) is 7.39. The maximum atomic E-state index is 12.4. The van der Waals surface area contributed by atoms with Crippen LogP contribution in [0.25, 0.3) is 0 Å². The third-order valence-corrected chi connectivity index (χ3v) is 4.62. The topological polar surface area (TPSA) is 49.6 Å². The van der Waals surface area contributed by atoms with Crippen LogP contribution in [0.15, 0.2) is 28.7 Å². The summed E-state index contributed by atoms with van der Waals surface area (Å²) in [4.78, 5) is 16.4. The van der Waals surface area contributed by atoms with E-state index >= 15 is 0 Å². The van der Waals surface area contributed by atoms with Crippen molar-refractivity contribution in [2.24, 2.45) is 5.73 Å². The van der Waals surface area contributed by atoms with Gasteiger partial charge in [0.05, 0.1) is 12.1 Å². The maximum absolute atomic E-state index is 12.4. The molecule has 0 bridgehead atoms. The highest BCUT2D eigenvalue weighted by Crippen LogP contribution is 2.32. The minimum Gasteiger partial charge on any atom is -0.347 e. The Morgan fingerprint density at radius 1 is 1.38 bits per heavy atom. The van der Waals surface area contributed by atoms with Crippen LogP contribution in [-0.4, -0.2) is 48.4 Å². The number of carbonyl (C=O) groups is 1. The van der Waals surface area contributed by atoms with E-state index in [0.717, 1.165) is 23.9 Å². The number of nitrogens with two attached hydrogens (primary N) is 1. The number of nitrogens with zero attached hydrogens (tertiary/aromatic N) is 2. The molecule has 0 spiro atoms. The molecule has 1 amide bonds. The molecule has 5 heteroatoms. The van der Waals surface area contributed by atoms with Gasteiger partial charge in [-0.2, -0.15) is 0 Å². The molecule has 1 aromatic carbocycles. The van der Waals surface area contributed by atoms with E-state index in [2.05, 4.69) is 33.0 Å². The molecule has 2 N–H and O–H groups in total. The summed E-state index contributed by atoms with van der Waals surface area (Å²) in [5.41, 5.74) is 7.42. The van der Waals surface area contributed by atoms with Crippen molar-refractivity contribution in [1.82, 2.24) is 9.80 Å². The van der Waals surface area contributed by atoms with Gasteiger partial charge in [0.2, 0.25) is 5.91 Å². The Hall–Kier alpha value is -0.910. The summed E-state index contributed by atoms with van der Waals surface area (Å²) < 4.78 is 1.05. The van der Waals surface area contributed by atoms with E-state index in [0.29, 0.717) is 0 Å². The van der Waals surface area contributed by atoms with Gasteiger partial charge < -0.3 is 10.6 Å². The smallest absolute Gasteiger partial charge is 0.239 e. The zero-order chi connectivity index (χ0) is 15.6. The van der Waals surface area contributed by atoms with Crippen molar-refractivity contribution in [3.8, 4) is 0 Å². The molecular weight excluding hydrogens is 330 g/mol. The van der Waals surface area contributed by atoms with Crippen LogP contribution in [0.3, 0.4) is 0 Å². The first kappa shape index (κ1) is 16.5. The van der Waals surface area contributed by atoms with Gasteiger partial charge in [-0.1, -0.05) is 28.1 Å². The number of benzene rings is 1. The van der Waals surface area contributed by atoms with Crippen molar-refractivity contribution in [2.45, 2.75) is 37.9 Å². The normalized spacial score (nSPS) is 22.0. The molecule has 0 aliphatic carbocycles. The van der Waals surface area contributed by atoms with E-state index in [-0.39, 0.29) is 24.0 Å². The first-order valence-corrected chi connectivity index (χ1v) is 8.19. The number of amides is 1. The van der Waals surface area contributed by atoms with Crippen LogP contribution in [0.1, 0.15) is 31.4 Å². The number of carbonyl (C=O) groups excluding carboxylic acids is 1. The van der Waals surface area contributed by atoms with E-state index in [4.69, 9.17) is 5.73 Å². The highest BCUT2D eigenvalue weighted by Gasteiger charge is 2.38. The summed E-state index contributed by atoms with van der Waals surface area (Å²) >= 11 is 3.46. The summed E-state index contributed by atoms with van der Waals surface area (Å²) in [5.74, 6) is 0.176. The van der Waals surface area contributed by atoms with Gasteiger partial charge in [0, 0.05) is 24.6 Å². The van der Waals surface area contributed by atoms with Gasteiger partial charge in [-0.05, 0) is 44.0 Å². The minimum atomic E-state index is -0.0559. The van der Waals surface area contributed by atoms with E-state index in [1.807, 2.05) is 33.2 Å². The molecule has 1 aliphatic rings. The van der Waals surface area contributed by atoms with E-state index in [1.165, 1.54) is 5.56 Å². The van der Waals surface area contributed by atoms with Crippen LogP contribution >= 0.6 is 15.9 Å². The molecule has 1 fully saturated rings. The second-order valence-corrected chi connectivity index (χ2v) is 6.90. The highest BCUT2D eigenvalue weighted by molar-refractivity contribution is 9.10. The molecular formula is C16H24BrN3O. The SMILES string of the molecule is CC(N)C(c1ccc(Br)cc1)N1CCCC1C(=O)N(C)C. The number of rotatable bonds is 4. The van der Waals surface area contributed by atoms with Gasteiger partial charge in [0.15, 0.2) is 0 Å². The van der Waals surface area contributed by atoms with Crippen LogP contribution in [0, 0.1) is 0 Å². The number of halogens is 1. The lowest BCUT2D eigenvalue weighted by molar-refractivity contribution is -0.134. The predicted octanol–water partition coefficient (Wildman–Crippen LogP) is 2.39. The molecule has 1 aromatic rings. The number of likely N-dealkylation sites (N-methyl/N-ethyl adjacent to an activating group) is 1. The first-order chi connectivity index (χ1) is 9.91. The lowest BCUT2D eigenvalue weighted by atomic mass is 9.98. The standard InChI is InChI=1S/C16H24BrN3O/c1-11(18)15(12-6-8-13(17)9-7-12)20-10-4-5-14(20)16(21)19(2)3/h6-9,11,14-15H,4-5,10,18H2,1-3H3. The van der Waals surface area contributed by atoms with Crippen LogP contribution in [0.2, 0.25) is 0 Å². The zero-order valence-electron chi connectivity index (χ0n) is 12.9. The lowest BCUT2D eigenvalue weighted by Gasteiger charge is -2.36. The molecule has 3 unspecified atom stereocenters. The molecule has 0 radical (unpaired) electrons. The summed E-state index contributed by atoms with van der Waals surface area (Å²) in [6.45, 7) is 2.94. The van der Waals surface area contributed by atoms with Crippen LogP contribution in [0.4, 0.5) is 0 Å². The molecule has 0 aromatic heterocycles. The van der Waals surface area contributed by atoms with E-state index in [9.17, 15) is 4.79 Å². The molecule has 116 valence electrons. The van der Waals surface area contributed by atoms with Crippen LogP contribution in [-0.2, 0) is 4.79 Å². The summed E-state index contributed by atoms with van der Waals surface area (Å²) in [5, 5.41) is 0. The lowest BCUT2D eigenvalue weighted by Crippen LogP contribution is -2.48. The minimum absolute atomic E-state index is 0.0262. The van der Waals surface area contributed by atoms with Gasteiger partial charge >= 0.3 is 0 Å². The van der Waals surface area contributed by atoms with E-state index in [1.54, 1.807) is 4.90 Å². The van der Waals surface area contributed by atoms with Gasteiger partial charge in [-0.25, -0.2) is 0 Å². The van der Waals surface area contributed by atoms with Crippen molar-refractivity contribution >= 4 is 21.8 Å². The Morgan fingerprint density at radius 3 is 2.52 bits per heavy atom. The van der Waals surface area contributed by atoms with Gasteiger partial charge in [-0.3, -0.25) is 9.69 Å². The summed E-state index contributed by atoms with van der Waals surface area (Å²) in [6, 6.07) is 8.24. The average Bonchev–Trinajstić information content (AvgIpc) is 2.88. The largest absolute Gasteiger partial charge is 0.347 e. The van der Waals surface area contributed by atoms with Gasteiger partial charge in [-0.15, -0.1) is 0 Å². The number of likely N-dealkylation sites (tertiary alicyclic amines) is 1. The molecule has 21 heavy (non-hydrogen) atoms. The molecule has 4 nitrogen and oxygen atoms in total. The van der Waals surface area contributed by atoms with Crippen molar-refractivity contribution in [3.05, 3.63) is 34.3 Å². The summed E-state index contributed by atoms with van der Waals surface area (Å²) in [6.07, 6.45) is 1.96. The van der Waals surface area contributed by atoms with Crippen molar-refractivity contribution < 1.29 is 4.79 Å². The fourth-order valence-corrected chi connectivity index (χ4v) is 3.41. The average molecular weight is 354 g/mol. The molecule has 3 atom stereocenters. The van der Waals surface area contributed by atoms with Crippen molar-refractivity contribution in [2.75, 3.05) is 20.6 Å². The Kier molecular flexibility index (Phi) is 5.41. The van der Waals surface area contributed by atoms with Crippen LogP contribution < -0.4 is 5.73 Å². The van der Waals surface area contributed by atoms with Gasteiger partial charge in [0.25, 0.3) is 0 Å². The fraction of sp³-hybridized carbons (Fsp3) is 0.562. The number of hydrogen-bond donors (Lipinski definition) is 1. The molecule has 1 heterocycles. The zero-order valence-corrected chi connectivity index (χ0v) is 14.5. The molecule has 0 saturated carbocycles. The number of hydrogen-bond acceptors (Lipinski definition) is 3. The third-order valence-electron chi connectivity index (χ3n) is 4.09. The second-order valence-electron chi connectivity index (χ2n) is 5.98. The Bertz CT molecular complexity index is 487. The quantitative estimate of drug-likeness (QED) is 0.903. The maximum Gasteiger partial charge on any atom is 0.239 e. The molecule has 2 rings (SSSR count). The third kappa shape index (κ3) is 3.65. The highest BCUT2D eigenvalue weighted by atomic mass is 79.9. The van der Waals surface area contributed by atoms with Crippen molar-refractivity contribution in [1.29, 1.82) is 0 Å². The molecule has 1 saturated heterocycles. The van der Waals surface area contributed by atoms with E-state index < -0.39 is 0 Å². The fourth-order valence-electron chi connectivity index (χ4n) is 3.14. The Morgan fingerprint density at radius 2 is 2.00 bits per heavy atom.